The van der Waals surface area contributed by atoms with Gasteiger partial charge in [-0.25, -0.2) is 0 Å². The molecule has 1 aromatic heterocycles. The summed E-state index contributed by atoms with van der Waals surface area (Å²) in [6.45, 7) is 2.10. The van der Waals surface area contributed by atoms with Crippen LogP contribution in [0, 0.1) is 0 Å². The maximum atomic E-state index is 5.62. The van der Waals surface area contributed by atoms with E-state index in [1.165, 1.54) is 11.8 Å². The van der Waals surface area contributed by atoms with E-state index in [1.54, 1.807) is 6.20 Å². The summed E-state index contributed by atoms with van der Waals surface area (Å²) in [5, 5.41) is 0. The van der Waals surface area contributed by atoms with Crippen LogP contribution in [-0.2, 0) is 12.8 Å². The van der Waals surface area contributed by atoms with Gasteiger partial charge in [-0.2, -0.15) is 0 Å². The molecule has 0 radical (unpaired) electrons. The van der Waals surface area contributed by atoms with Gasteiger partial charge < -0.3 is 11.5 Å². The molecule has 0 bridgehead atoms. The highest BCUT2D eigenvalue weighted by Crippen LogP contribution is 2.08. The summed E-state index contributed by atoms with van der Waals surface area (Å²) in [5.74, 6) is 0. The molecule has 0 saturated carbocycles. The van der Waals surface area contributed by atoms with Crippen molar-refractivity contribution in [3.63, 3.8) is 0 Å². The van der Waals surface area contributed by atoms with E-state index in [9.17, 15) is 0 Å². The van der Waals surface area contributed by atoms with Crippen LogP contribution in [0.2, 0.25) is 0 Å². The highest BCUT2D eigenvalue weighted by atomic mass is 14.7. The topological polar surface area (TPSA) is 64.9 Å². The molecule has 70 valence electrons. The second-order valence-electron chi connectivity index (χ2n) is 2.88. The van der Waals surface area contributed by atoms with Crippen LogP contribution in [-0.4, -0.2) is 4.98 Å². The minimum Gasteiger partial charge on any atom is -0.403 e. The molecule has 1 aromatic rings. The second-order valence-corrected chi connectivity index (χ2v) is 2.88. The average molecular weight is 177 g/mol. The minimum absolute atomic E-state index is 0.639. The molecule has 0 saturated heterocycles. The molecule has 0 aliphatic heterocycles. The third-order valence-electron chi connectivity index (χ3n) is 1.95. The van der Waals surface area contributed by atoms with Crippen LogP contribution in [0.25, 0.3) is 0 Å². The Balaban J connectivity index is 2.87. The maximum absolute atomic E-state index is 5.62. The van der Waals surface area contributed by atoms with E-state index in [2.05, 4.69) is 18.0 Å². The number of hydrogen-bond acceptors (Lipinski definition) is 3. The highest BCUT2D eigenvalue weighted by Gasteiger charge is 2.01. The molecule has 0 aliphatic rings. The molecule has 13 heavy (non-hydrogen) atoms. The Hall–Kier alpha value is -1.51. The van der Waals surface area contributed by atoms with Gasteiger partial charge >= 0.3 is 0 Å². The van der Waals surface area contributed by atoms with Crippen molar-refractivity contribution in [1.29, 1.82) is 0 Å². The van der Waals surface area contributed by atoms with Crippen LogP contribution in [0.15, 0.2) is 30.2 Å². The lowest BCUT2D eigenvalue weighted by molar-refractivity contribution is 0.961. The number of aromatic nitrogens is 1. The number of pyridine rings is 1. The van der Waals surface area contributed by atoms with Crippen molar-refractivity contribution in [3.8, 4) is 0 Å². The van der Waals surface area contributed by atoms with E-state index in [4.69, 9.17) is 11.5 Å². The van der Waals surface area contributed by atoms with Crippen molar-refractivity contribution in [1.82, 2.24) is 4.98 Å². The Morgan fingerprint density at radius 1 is 1.62 bits per heavy atom. The fourth-order valence-corrected chi connectivity index (χ4v) is 1.20. The maximum Gasteiger partial charge on any atom is 0.0494 e. The highest BCUT2D eigenvalue weighted by molar-refractivity contribution is 5.23. The molecule has 4 N–H and O–H groups in total. The van der Waals surface area contributed by atoms with Gasteiger partial charge in [0.25, 0.3) is 0 Å². The van der Waals surface area contributed by atoms with Crippen LogP contribution in [0.5, 0.6) is 0 Å². The first-order valence-corrected chi connectivity index (χ1v) is 4.37. The Labute approximate surface area is 78.5 Å². The number of rotatable bonds is 3. The van der Waals surface area contributed by atoms with Crippen LogP contribution < -0.4 is 11.5 Å². The van der Waals surface area contributed by atoms with Gasteiger partial charge in [-0.05, 0) is 18.1 Å². The third kappa shape index (κ3) is 2.47. The van der Waals surface area contributed by atoms with Gasteiger partial charge in [0.15, 0.2) is 0 Å². The molecule has 0 atom stereocenters. The number of nitrogens with two attached hydrogens (primary N) is 2. The van der Waals surface area contributed by atoms with Crippen LogP contribution in [0.1, 0.15) is 18.2 Å². The number of allylic oxidation sites excluding steroid dienone is 1. The van der Waals surface area contributed by atoms with Crippen molar-refractivity contribution in [3.05, 3.63) is 41.5 Å². The Morgan fingerprint density at radius 3 is 3.00 bits per heavy atom. The minimum atomic E-state index is 0.639. The van der Waals surface area contributed by atoms with Gasteiger partial charge in [0.2, 0.25) is 0 Å². The van der Waals surface area contributed by atoms with Crippen LogP contribution >= 0.6 is 0 Å². The van der Waals surface area contributed by atoms with E-state index >= 15 is 0 Å². The summed E-state index contributed by atoms with van der Waals surface area (Å²) in [5.41, 5.74) is 13.8. The predicted molar refractivity (Wildman–Crippen MR) is 53.8 cm³/mol. The average Bonchev–Trinajstić information content (AvgIpc) is 2.18. The molecule has 1 rings (SSSR count). The summed E-state index contributed by atoms with van der Waals surface area (Å²) in [4.78, 5) is 4.26. The van der Waals surface area contributed by atoms with E-state index in [-0.39, 0.29) is 0 Å². The molecule has 0 aliphatic carbocycles. The molecular formula is C10H15N3. The Bertz CT molecular complexity index is 305. The standard InChI is InChI=1S/C10H15N3/c1-2-8-4-3-5-13-10(8)6-9(12)7-11/h3-5,7H,2,6,11-12H2,1H3/b9-7+. The first-order chi connectivity index (χ1) is 6.27. The largest absolute Gasteiger partial charge is 0.403 e. The summed E-state index contributed by atoms with van der Waals surface area (Å²) in [6.07, 6.45) is 4.81. The van der Waals surface area contributed by atoms with Crippen molar-refractivity contribution in [2.24, 2.45) is 11.5 Å². The molecule has 3 heteroatoms. The number of hydrogen-bond donors (Lipinski definition) is 2. The second kappa shape index (κ2) is 4.50. The van der Waals surface area contributed by atoms with Gasteiger partial charge in [-0.1, -0.05) is 13.0 Å². The van der Waals surface area contributed by atoms with Crippen molar-refractivity contribution < 1.29 is 0 Å². The van der Waals surface area contributed by atoms with Crippen LogP contribution in [0.3, 0.4) is 0 Å². The lowest BCUT2D eigenvalue weighted by atomic mass is 10.1. The first-order valence-electron chi connectivity index (χ1n) is 4.37. The van der Waals surface area contributed by atoms with E-state index in [0.717, 1.165) is 12.1 Å². The number of nitrogens with zero attached hydrogens (tertiary/aromatic N) is 1. The molecule has 3 nitrogen and oxygen atoms in total. The lowest BCUT2D eigenvalue weighted by Gasteiger charge is -2.05. The molecule has 0 spiro atoms. The zero-order chi connectivity index (χ0) is 9.68. The van der Waals surface area contributed by atoms with Crippen molar-refractivity contribution >= 4 is 0 Å². The van der Waals surface area contributed by atoms with Gasteiger partial charge in [0, 0.05) is 30.2 Å². The zero-order valence-electron chi connectivity index (χ0n) is 7.83. The Morgan fingerprint density at radius 2 is 2.38 bits per heavy atom. The SMILES string of the molecule is CCc1cccnc1C/C(N)=C\N. The summed E-state index contributed by atoms with van der Waals surface area (Å²) < 4.78 is 0. The fraction of sp³-hybridized carbons (Fsp3) is 0.300. The van der Waals surface area contributed by atoms with Crippen molar-refractivity contribution in [2.45, 2.75) is 19.8 Å². The molecule has 0 aromatic carbocycles. The fourth-order valence-electron chi connectivity index (χ4n) is 1.20. The molecule has 0 unspecified atom stereocenters. The van der Waals surface area contributed by atoms with Crippen molar-refractivity contribution in [2.75, 3.05) is 0 Å². The quantitative estimate of drug-likeness (QED) is 0.722. The normalized spacial score (nSPS) is 11.6. The van der Waals surface area contributed by atoms with Gasteiger partial charge in [0.05, 0.1) is 0 Å². The van der Waals surface area contributed by atoms with E-state index in [1.807, 2.05) is 6.07 Å². The predicted octanol–water partition coefficient (Wildman–Crippen LogP) is 0.945. The monoisotopic (exact) mass is 177 g/mol. The lowest BCUT2D eigenvalue weighted by Crippen LogP contribution is -2.07. The summed E-state index contributed by atoms with van der Waals surface area (Å²) >= 11 is 0. The first kappa shape index (κ1) is 9.58. The van der Waals surface area contributed by atoms with E-state index < -0.39 is 0 Å². The summed E-state index contributed by atoms with van der Waals surface area (Å²) in [7, 11) is 0. The summed E-state index contributed by atoms with van der Waals surface area (Å²) in [6, 6.07) is 4.00. The molecule has 0 fully saturated rings. The smallest absolute Gasteiger partial charge is 0.0494 e. The molecular weight excluding hydrogens is 162 g/mol. The third-order valence-corrected chi connectivity index (χ3v) is 1.95. The molecule has 1 heterocycles. The van der Waals surface area contributed by atoms with Gasteiger partial charge in [0.1, 0.15) is 0 Å². The zero-order valence-corrected chi connectivity index (χ0v) is 7.83. The van der Waals surface area contributed by atoms with Gasteiger partial charge in [-0.15, -0.1) is 0 Å². The van der Waals surface area contributed by atoms with Crippen LogP contribution in [0.4, 0.5) is 0 Å². The van der Waals surface area contributed by atoms with Gasteiger partial charge in [-0.3, -0.25) is 4.98 Å². The molecule has 0 amide bonds. The Kier molecular flexibility index (Phi) is 3.31. The number of aryl methyl sites for hydroxylation is 1. The van der Waals surface area contributed by atoms with E-state index in [0.29, 0.717) is 12.1 Å².